The second-order valence-electron chi connectivity index (χ2n) is 3.02. The third-order valence-electron chi connectivity index (χ3n) is 2.31. The van der Waals surface area contributed by atoms with Gasteiger partial charge in [-0.15, -0.1) is 11.3 Å². The van der Waals surface area contributed by atoms with E-state index in [2.05, 4.69) is 15.9 Å². The fourth-order valence-corrected chi connectivity index (χ4v) is 3.61. The van der Waals surface area contributed by atoms with Gasteiger partial charge in [0.05, 0.1) is 8.66 Å². The fraction of sp³-hybridized carbons (Fsp3) is 0.444. The number of rotatable bonds is 1. The maximum atomic E-state index is 10.7. The Hall–Kier alpha value is -0.150. The van der Waals surface area contributed by atoms with Crippen LogP contribution >= 0.6 is 27.3 Å². The lowest BCUT2D eigenvalue weighted by Crippen LogP contribution is -2.01. The standard InChI is InChI=1S/C9H9BrOS/c10-9-7-4-2-1-3-6(7)8(5-11)12-9/h5H,1-4H2. The summed E-state index contributed by atoms with van der Waals surface area (Å²) < 4.78 is 1.17. The molecule has 0 aromatic carbocycles. The van der Waals surface area contributed by atoms with E-state index in [1.165, 1.54) is 27.8 Å². The Labute approximate surface area is 83.9 Å². The van der Waals surface area contributed by atoms with E-state index in [4.69, 9.17) is 0 Å². The lowest BCUT2D eigenvalue weighted by atomic mass is 9.94. The lowest BCUT2D eigenvalue weighted by molar-refractivity contribution is 0.112. The molecule has 1 aliphatic carbocycles. The molecule has 0 spiro atoms. The molecule has 2 rings (SSSR count). The van der Waals surface area contributed by atoms with Crippen molar-refractivity contribution in [1.29, 1.82) is 0 Å². The molecule has 64 valence electrons. The van der Waals surface area contributed by atoms with Gasteiger partial charge < -0.3 is 0 Å². The molecule has 1 nitrogen and oxygen atoms in total. The molecular weight excluding hydrogens is 236 g/mol. The van der Waals surface area contributed by atoms with Crippen molar-refractivity contribution in [2.45, 2.75) is 25.7 Å². The molecule has 0 bridgehead atoms. The topological polar surface area (TPSA) is 17.1 Å². The van der Waals surface area contributed by atoms with Crippen LogP contribution in [0.2, 0.25) is 0 Å². The normalized spacial score (nSPS) is 15.8. The number of hydrogen-bond acceptors (Lipinski definition) is 2. The van der Waals surface area contributed by atoms with Gasteiger partial charge in [-0.2, -0.15) is 0 Å². The molecule has 0 fully saturated rings. The SMILES string of the molecule is O=Cc1sc(Br)c2c1CCCC2. The van der Waals surface area contributed by atoms with Crippen LogP contribution in [0.5, 0.6) is 0 Å². The summed E-state index contributed by atoms with van der Waals surface area (Å²) in [4.78, 5) is 11.6. The first-order valence-electron chi connectivity index (χ1n) is 4.08. The molecule has 0 atom stereocenters. The van der Waals surface area contributed by atoms with Crippen molar-refractivity contribution in [3.63, 3.8) is 0 Å². The Bertz CT molecular complexity index is 317. The minimum Gasteiger partial charge on any atom is -0.297 e. The van der Waals surface area contributed by atoms with Crippen molar-refractivity contribution < 1.29 is 4.79 Å². The van der Waals surface area contributed by atoms with E-state index < -0.39 is 0 Å². The molecule has 0 radical (unpaired) electrons. The zero-order valence-corrected chi connectivity index (χ0v) is 9.00. The highest BCUT2D eigenvalue weighted by Gasteiger charge is 2.18. The smallest absolute Gasteiger partial charge is 0.160 e. The zero-order valence-electron chi connectivity index (χ0n) is 6.60. The summed E-state index contributed by atoms with van der Waals surface area (Å²) in [5, 5.41) is 0. The Kier molecular flexibility index (Phi) is 2.33. The number of carbonyl (C=O) groups excluding carboxylic acids is 1. The first-order chi connectivity index (χ1) is 5.83. The third kappa shape index (κ3) is 1.25. The lowest BCUT2D eigenvalue weighted by Gasteiger charge is -2.11. The van der Waals surface area contributed by atoms with E-state index >= 15 is 0 Å². The van der Waals surface area contributed by atoms with Crippen LogP contribution in [0.25, 0.3) is 0 Å². The molecule has 0 saturated carbocycles. The highest BCUT2D eigenvalue weighted by atomic mass is 79.9. The zero-order chi connectivity index (χ0) is 8.55. The van der Waals surface area contributed by atoms with E-state index in [1.807, 2.05) is 0 Å². The van der Waals surface area contributed by atoms with Gasteiger partial charge in [0.2, 0.25) is 0 Å². The summed E-state index contributed by atoms with van der Waals surface area (Å²) in [5.41, 5.74) is 2.68. The number of thiophene rings is 1. The Morgan fingerprint density at radius 3 is 2.58 bits per heavy atom. The van der Waals surface area contributed by atoms with Gasteiger partial charge >= 0.3 is 0 Å². The number of fused-ring (bicyclic) bond motifs is 1. The second kappa shape index (κ2) is 3.30. The first-order valence-corrected chi connectivity index (χ1v) is 5.69. The van der Waals surface area contributed by atoms with Gasteiger partial charge in [0.15, 0.2) is 6.29 Å². The van der Waals surface area contributed by atoms with Crippen LogP contribution < -0.4 is 0 Å². The number of aldehydes is 1. The summed E-state index contributed by atoms with van der Waals surface area (Å²) in [6.45, 7) is 0. The quantitative estimate of drug-likeness (QED) is 0.694. The van der Waals surface area contributed by atoms with E-state index in [0.29, 0.717) is 0 Å². The molecule has 0 saturated heterocycles. The summed E-state index contributed by atoms with van der Waals surface area (Å²) in [7, 11) is 0. The maximum Gasteiger partial charge on any atom is 0.160 e. The molecule has 0 aliphatic heterocycles. The first kappa shape index (κ1) is 8.45. The van der Waals surface area contributed by atoms with Gasteiger partial charge in [0.1, 0.15) is 0 Å². The van der Waals surface area contributed by atoms with Crippen LogP contribution in [0.15, 0.2) is 3.79 Å². The van der Waals surface area contributed by atoms with Crippen molar-refractivity contribution in [3.05, 3.63) is 19.8 Å². The van der Waals surface area contributed by atoms with Crippen LogP contribution in [-0.2, 0) is 12.8 Å². The van der Waals surface area contributed by atoms with Crippen LogP contribution in [0, 0.1) is 0 Å². The van der Waals surface area contributed by atoms with E-state index in [-0.39, 0.29) is 0 Å². The van der Waals surface area contributed by atoms with E-state index in [9.17, 15) is 4.79 Å². The van der Waals surface area contributed by atoms with Crippen LogP contribution in [0.3, 0.4) is 0 Å². The number of carbonyl (C=O) groups is 1. The van der Waals surface area contributed by atoms with Gasteiger partial charge in [-0.25, -0.2) is 0 Å². The van der Waals surface area contributed by atoms with Crippen LogP contribution in [0.4, 0.5) is 0 Å². The monoisotopic (exact) mass is 244 g/mol. The predicted molar refractivity (Wildman–Crippen MR) is 54.0 cm³/mol. The van der Waals surface area contributed by atoms with Crippen molar-refractivity contribution in [2.24, 2.45) is 0 Å². The summed E-state index contributed by atoms with van der Waals surface area (Å²) in [5.74, 6) is 0. The second-order valence-corrected chi connectivity index (χ2v) is 5.39. The van der Waals surface area contributed by atoms with Gasteiger partial charge in [0, 0.05) is 0 Å². The molecular formula is C9H9BrOS. The van der Waals surface area contributed by atoms with Crippen LogP contribution in [-0.4, -0.2) is 6.29 Å². The summed E-state index contributed by atoms with van der Waals surface area (Å²) in [6, 6.07) is 0. The van der Waals surface area contributed by atoms with Gasteiger partial charge in [0.25, 0.3) is 0 Å². The predicted octanol–water partition coefficient (Wildman–Crippen LogP) is 3.20. The minimum absolute atomic E-state index is 0.927. The molecule has 12 heavy (non-hydrogen) atoms. The molecule has 3 heteroatoms. The Balaban J connectivity index is 2.53. The maximum absolute atomic E-state index is 10.7. The highest BCUT2D eigenvalue weighted by Crippen LogP contribution is 2.36. The van der Waals surface area contributed by atoms with Gasteiger partial charge in [-0.05, 0) is 52.7 Å². The average molecular weight is 245 g/mol. The third-order valence-corrected chi connectivity index (χ3v) is 4.26. The molecule has 1 aromatic rings. The molecule has 0 unspecified atom stereocenters. The summed E-state index contributed by atoms with van der Waals surface area (Å²) >= 11 is 5.08. The van der Waals surface area contributed by atoms with Crippen molar-refractivity contribution in [2.75, 3.05) is 0 Å². The Morgan fingerprint density at radius 1 is 1.25 bits per heavy atom. The van der Waals surface area contributed by atoms with E-state index in [0.717, 1.165) is 24.0 Å². The molecule has 1 heterocycles. The molecule has 0 N–H and O–H groups in total. The van der Waals surface area contributed by atoms with Crippen LogP contribution in [0.1, 0.15) is 33.6 Å². The Morgan fingerprint density at radius 2 is 1.92 bits per heavy atom. The number of halogens is 1. The van der Waals surface area contributed by atoms with Crippen molar-refractivity contribution in [1.82, 2.24) is 0 Å². The average Bonchev–Trinajstić information content (AvgIpc) is 2.44. The highest BCUT2D eigenvalue weighted by molar-refractivity contribution is 9.11. The molecule has 0 amide bonds. The largest absolute Gasteiger partial charge is 0.297 e. The van der Waals surface area contributed by atoms with E-state index in [1.54, 1.807) is 11.3 Å². The minimum atomic E-state index is 0.927. The molecule has 1 aromatic heterocycles. The van der Waals surface area contributed by atoms with Crippen molar-refractivity contribution in [3.8, 4) is 0 Å². The summed E-state index contributed by atoms with van der Waals surface area (Å²) in [6.07, 6.45) is 5.71. The van der Waals surface area contributed by atoms with Gasteiger partial charge in [-0.3, -0.25) is 4.79 Å². The fourth-order valence-electron chi connectivity index (χ4n) is 1.71. The number of hydrogen-bond donors (Lipinski definition) is 0. The van der Waals surface area contributed by atoms with Crippen molar-refractivity contribution >= 4 is 33.6 Å². The molecule has 1 aliphatic rings. The van der Waals surface area contributed by atoms with Gasteiger partial charge in [-0.1, -0.05) is 0 Å².